The quantitative estimate of drug-likeness (QED) is 0.611. The first-order valence-corrected chi connectivity index (χ1v) is 6.90. The van der Waals surface area contributed by atoms with Crippen molar-refractivity contribution in [3.05, 3.63) is 56.7 Å². The molecule has 2 nitrogen and oxygen atoms in total. The number of halogens is 2. The normalized spacial score (nSPS) is 11.0. The maximum atomic E-state index is 6.23. The van der Waals surface area contributed by atoms with E-state index in [4.69, 9.17) is 23.8 Å². The summed E-state index contributed by atoms with van der Waals surface area (Å²) >= 11 is 15.0. The third-order valence-corrected chi connectivity index (χ3v) is 3.84. The minimum absolute atomic E-state index is 0.635. The fourth-order valence-corrected chi connectivity index (χ4v) is 2.84. The number of aromatic amines is 1. The lowest BCUT2D eigenvalue weighted by Crippen LogP contribution is -1.94. The summed E-state index contributed by atoms with van der Waals surface area (Å²) < 4.78 is 3.59. The first kappa shape index (κ1) is 12.0. The Hall–Kier alpha value is -1.10. The standard InChI is InChI=1S/C13H8BrClN2S/c14-8-5-6-12-10(7-8)16-13(18)17(12)11-4-2-1-3-9(11)15/h1-7H,(H,16,18). The molecule has 0 saturated heterocycles. The minimum atomic E-state index is 0.635. The van der Waals surface area contributed by atoms with E-state index in [1.807, 2.05) is 47.0 Å². The van der Waals surface area contributed by atoms with E-state index < -0.39 is 0 Å². The van der Waals surface area contributed by atoms with Crippen molar-refractivity contribution in [2.24, 2.45) is 0 Å². The topological polar surface area (TPSA) is 20.7 Å². The molecule has 2 aromatic carbocycles. The van der Waals surface area contributed by atoms with Gasteiger partial charge in [-0.15, -0.1) is 0 Å². The number of fused-ring (bicyclic) bond motifs is 1. The van der Waals surface area contributed by atoms with E-state index in [0.717, 1.165) is 21.2 Å². The largest absolute Gasteiger partial charge is 0.330 e. The Kier molecular flexibility index (Phi) is 3.01. The predicted octanol–water partition coefficient (Wildman–Crippen LogP) is 5.10. The van der Waals surface area contributed by atoms with Crippen molar-refractivity contribution in [3.63, 3.8) is 0 Å². The van der Waals surface area contributed by atoms with Gasteiger partial charge in [-0.2, -0.15) is 0 Å². The van der Waals surface area contributed by atoms with Crippen molar-refractivity contribution < 1.29 is 0 Å². The lowest BCUT2D eigenvalue weighted by Gasteiger charge is -2.06. The van der Waals surface area contributed by atoms with Crippen LogP contribution in [0.2, 0.25) is 5.02 Å². The number of imidazole rings is 1. The fraction of sp³-hybridized carbons (Fsp3) is 0. The molecule has 0 aliphatic rings. The molecule has 3 aromatic rings. The highest BCUT2D eigenvalue weighted by Gasteiger charge is 2.09. The molecule has 3 rings (SSSR count). The van der Waals surface area contributed by atoms with Gasteiger partial charge >= 0.3 is 0 Å². The average molecular weight is 340 g/mol. The van der Waals surface area contributed by atoms with Crippen LogP contribution in [0.25, 0.3) is 16.7 Å². The molecule has 1 heterocycles. The van der Waals surface area contributed by atoms with Gasteiger partial charge in [0.1, 0.15) is 0 Å². The van der Waals surface area contributed by atoms with Crippen molar-refractivity contribution >= 4 is 50.8 Å². The molecule has 0 aliphatic carbocycles. The molecule has 0 amide bonds. The summed E-state index contributed by atoms with van der Waals surface area (Å²) in [6.45, 7) is 0. The molecule has 5 heteroatoms. The summed E-state index contributed by atoms with van der Waals surface area (Å²) in [5.74, 6) is 0. The average Bonchev–Trinajstić information content (AvgIpc) is 2.65. The van der Waals surface area contributed by atoms with Gasteiger partial charge < -0.3 is 4.98 Å². The van der Waals surface area contributed by atoms with Crippen LogP contribution in [0.5, 0.6) is 0 Å². The molecule has 0 bridgehead atoms. The summed E-state index contributed by atoms with van der Waals surface area (Å²) in [5, 5.41) is 0.678. The van der Waals surface area contributed by atoms with Crippen LogP contribution in [-0.4, -0.2) is 9.55 Å². The van der Waals surface area contributed by atoms with E-state index >= 15 is 0 Å². The van der Waals surface area contributed by atoms with Gasteiger partial charge in [-0.25, -0.2) is 0 Å². The van der Waals surface area contributed by atoms with E-state index in [1.165, 1.54) is 0 Å². The van der Waals surface area contributed by atoms with Crippen molar-refractivity contribution in [1.29, 1.82) is 0 Å². The second kappa shape index (κ2) is 4.53. The number of nitrogens with one attached hydrogen (secondary N) is 1. The highest BCUT2D eigenvalue weighted by atomic mass is 79.9. The van der Waals surface area contributed by atoms with E-state index in [0.29, 0.717) is 9.79 Å². The van der Waals surface area contributed by atoms with Crippen LogP contribution >= 0.6 is 39.7 Å². The third-order valence-electron chi connectivity index (χ3n) is 2.74. The van der Waals surface area contributed by atoms with Crippen LogP contribution in [-0.2, 0) is 0 Å². The first-order valence-electron chi connectivity index (χ1n) is 5.32. The van der Waals surface area contributed by atoms with Gasteiger partial charge in [-0.1, -0.05) is 39.7 Å². The monoisotopic (exact) mass is 338 g/mol. The van der Waals surface area contributed by atoms with Crippen LogP contribution in [0.3, 0.4) is 0 Å². The smallest absolute Gasteiger partial charge is 0.182 e. The van der Waals surface area contributed by atoms with Crippen LogP contribution in [0.4, 0.5) is 0 Å². The summed E-state index contributed by atoms with van der Waals surface area (Å²) in [6.07, 6.45) is 0. The van der Waals surface area contributed by atoms with Gasteiger partial charge in [0.25, 0.3) is 0 Å². The molecule has 0 aliphatic heterocycles. The zero-order chi connectivity index (χ0) is 12.7. The molecule has 1 N–H and O–H groups in total. The molecular weight excluding hydrogens is 332 g/mol. The van der Waals surface area contributed by atoms with E-state index in [-0.39, 0.29) is 0 Å². The summed E-state index contributed by atoms with van der Waals surface area (Å²) in [5.41, 5.74) is 2.88. The lowest BCUT2D eigenvalue weighted by atomic mass is 10.3. The van der Waals surface area contributed by atoms with Gasteiger partial charge in [0.2, 0.25) is 0 Å². The SMILES string of the molecule is S=c1[nH]c2cc(Br)ccc2n1-c1ccccc1Cl. The fourth-order valence-electron chi connectivity index (χ4n) is 1.96. The van der Waals surface area contributed by atoms with Crippen molar-refractivity contribution in [1.82, 2.24) is 9.55 Å². The molecule has 0 unspecified atom stereocenters. The van der Waals surface area contributed by atoms with Gasteiger partial charge in [0.15, 0.2) is 4.77 Å². The molecule has 0 radical (unpaired) electrons. The van der Waals surface area contributed by atoms with Crippen molar-refractivity contribution in [2.45, 2.75) is 0 Å². The molecule has 0 spiro atoms. The van der Waals surface area contributed by atoms with E-state index in [2.05, 4.69) is 20.9 Å². The molecule has 0 atom stereocenters. The van der Waals surface area contributed by atoms with Crippen LogP contribution < -0.4 is 0 Å². The number of nitrogens with zero attached hydrogens (tertiary/aromatic N) is 1. The minimum Gasteiger partial charge on any atom is -0.330 e. The third kappa shape index (κ3) is 1.90. The number of benzene rings is 2. The van der Waals surface area contributed by atoms with Crippen LogP contribution in [0.1, 0.15) is 0 Å². The van der Waals surface area contributed by atoms with Gasteiger partial charge in [-0.3, -0.25) is 4.57 Å². The zero-order valence-corrected chi connectivity index (χ0v) is 12.3. The zero-order valence-electron chi connectivity index (χ0n) is 9.15. The molecule has 0 saturated carbocycles. The van der Waals surface area contributed by atoms with Crippen molar-refractivity contribution in [3.8, 4) is 5.69 Å². The van der Waals surface area contributed by atoms with E-state index in [9.17, 15) is 0 Å². The molecule has 18 heavy (non-hydrogen) atoms. The molecule has 1 aromatic heterocycles. The number of rotatable bonds is 1. The van der Waals surface area contributed by atoms with Crippen molar-refractivity contribution in [2.75, 3.05) is 0 Å². The maximum absolute atomic E-state index is 6.23. The van der Waals surface area contributed by atoms with Gasteiger partial charge in [-0.05, 0) is 42.5 Å². The highest BCUT2D eigenvalue weighted by molar-refractivity contribution is 9.10. The Balaban J connectivity index is 2.40. The van der Waals surface area contributed by atoms with Crippen LogP contribution in [0, 0.1) is 4.77 Å². The number of aromatic nitrogens is 2. The number of H-pyrrole nitrogens is 1. The van der Waals surface area contributed by atoms with Gasteiger partial charge in [0.05, 0.1) is 21.7 Å². The second-order valence-corrected chi connectivity index (χ2v) is 5.59. The predicted molar refractivity (Wildman–Crippen MR) is 81.2 cm³/mol. The highest BCUT2D eigenvalue weighted by Crippen LogP contribution is 2.26. The number of hydrogen-bond donors (Lipinski definition) is 1. The van der Waals surface area contributed by atoms with E-state index in [1.54, 1.807) is 0 Å². The maximum Gasteiger partial charge on any atom is 0.182 e. The Morgan fingerprint density at radius 2 is 1.94 bits per heavy atom. The molecular formula is C13H8BrClN2S. The Bertz CT molecular complexity index is 791. The summed E-state index contributed by atoms with van der Waals surface area (Å²) in [4.78, 5) is 3.18. The van der Waals surface area contributed by atoms with Crippen LogP contribution in [0.15, 0.2) is 46.9 Å². The van der Waals surface area contributed by atoms with Gasteiger partial charge in [0, 0.05) is 4.47 Å². The summed E-state index contributed by atoms with van der Waals surface area (Å²) in [7, 11) is 0. The Morgan fingerprint density at radius 3 is 2.72 bits per heavy atom. The molecule has 0 fully saturated rings. The number of para-hydroxylation sites is 1. The molecule has 90 valence electrons. The Morgan fingerprint density at radius 1 is 1.17 bits per heavy atom. The summed E-state index contributed by atoms with van der Waals surface area (Å²) in [6, 6.07) is 13.6. The lowest BCUT2D eigenvalue weighted by molar-refractivity contribution is 1.07. The second-order valence-electron chi connectivity index (χ2n) is 3.88. The Labute approximate surface area is 122 Å². The first-order chi connectivity index (χ1) is 8.66. The number of hydrogen-bond acceptors (Lipinski definition) is 1.